The molecule has 0 atom stereocenters. The van der Waals surface area contributed by atoms with Crippen LogP contribution < -0.4 is 0 Å². The summed E-state index contributed by atoms with van der Waals surface area (Å²) in [6.07, 6.45) is 5.43. The topological polar surface area (TPSA) is 44.8 Å². The number of ether oxygens (including phenoxy) is 3. The van der Waals surface area contributed by atoms with E-state index >= 15 is 0 Å². The number of carbonyl (C=O) groups is 1. The van der Waals surface area contributed by atoms with Gasteiger partial charge in [-0.25, -0.2) is 4.79 Å². The smallest absolute Gasteiger partial charge is 0.431 e. The fourth-order valence-electron chi connectivity index (χ4n) is 0.286. The highest BCUT2D eigenvalue weighted by Crippen LogP contribution is 1.82. The van der Waals surface area contributed by atoms with Crippen LogP contribution in [0.2, 0.25) is 0 Å². The zero-order valence-corrected chi connectivity index (χ0v) is 5.62. The van der Waals surface area contributed by atoms with Crippen LogP contribution in [0.3, 0.4) is 0 Å². The van der Waals surface area contributed by atoms with Gasteiger partial charge in [-0.2, -0.15) is 0 Å². The molecule has 0 saturated carbocycles. The van der Waals surface area contributed by atoms with Crippen LogP contribution in [0.5, 0.6) is 0 Å². The van der Waals surface area contributed by atoms with Crippen molar-refractivity contribution in [1.29, 1.82) is 0 Å². The number of methoxy groups -OCH3 is 1. The molecule has 0 aromatic rings. The second kappa shape index (κ2) is 5.92. The lowest BCUT2D eigenvalue weighted by Gasteiger charge is -1.98. The van der Waals surface area contributed by atoms with Gasteiger partial charge in [-0.05, 0) is 0 Å². The first-order chi connectivity index (χ1) is 4.81. The summed E-state index contributed by atoms with van der Waals surface area (Å²) in [5.41, 5.74) is 0. The predicted octanol–water partition coefficient (Wildman–Crippen LogP) is 0.377. The molecule has 0 radical (unpaired) electrons. The number of terminal acetylenes is 1. The first-order valence-electron chi connectivity index (χ1n) is 2.59. The minimum Gasteiger partial charge on any atom is -0.431 e. The summed E-state index contributed by atoms with van der Waals surface area (Å²) in [7, 11) is 1.50. The Bertz CT molecular complexity index is 135. The molecular formula is C6H8O4. The SMILES string of the molecule is C#COC(=O)OCCOC. The van der Waals surface area contributed by atoms with Crippen LogP contribution >= 0.6 is 0 Å². The Morgan fingerprint density at radius 2 is 2.30 bits per heavy atom. The molecule has 56 valence electrons. The van der Waals surface area contributed by atoms with E-state index in [1.165, 1.54) is 7.11 Å². The van der Waals surface area contributed by atoms with Crippen LogP contribution in [0.4, 0.5) is 4.79 Å². The molecule has 0 unspecified atom stereocenters. The standard InChI is InChI=1S/C6H8O4/c1-3-9-6(7)10-5-4-8-2/h1H,4-5H2,2H3. The molecule has 0 aromatic carbocycles. The van der Waals surface area contributed by atoms with E-state index in [1.807, 2.05) is 0 Å². The van der Waals surface area contributed by atoms with Crippen LogP contribution in [-0.2, 0) is 14.2 Å². The zero-order valence-electron chi connectivity index (χ0n) is 5.62. The van der Waals surface area contributed by atoms with Crippen molar-refractivity contribution in [1.82, 2.24) is 0 Å². The average Bonchev–Trinajstić information content (AvgIpc) is 1.89. The lowest BCUT2D eigenvalue weighted by molar-refractivity contribution is 0.0623. The Hall–Kier alpha value is -1.21. The summed E-state index contributed by atoms with van der Waals surface area (Å²) >= 11 is 0. The van der Waals surface area contributed by atoms with Gasteiger partial charge in [0.25, 0.3) is 0 Å². The Morgan fingerprint density at radius 3 is 2.80 bits per heavy atom. The molecule has 4 heteroatoms. The predicted molar refractivity (Wildman–Crippen MR) is 33.1 cm³/mol. The molecule has 4 nitrogen and oxygen atoms in total. The number of hydrogen-bond donors (Lipinski definition) is 0. The molecule has 0 spiro atoms. The Kier molecular flexibility index (Phi) is 5.20. The molecule has 0 aliphatic heterocycles. The minimum absolute atomic E-state index is 0.150. The zero-order chi connectivity index (χ0) is 7.82. The van der Waals surface area contributed by atoms with Crippen LogP contribution in [0.15, 0.2) is 0 Å². The van der Waals surface area contributed by atoms with E-state index in [4.69, 9.17) is 0 Å². The molecule has 10 heavy (non-hydrogen) atoms. The number of rotatable bonds is 3. The first-order valence-corrected chi connectivity index (χ1v) is 2.59. The third kappa shape index (κ3) is 4.94. The van der Waals surface area contributed by atoms with Crippen molar-refractivity contribution >= 4 is 6.16 Å². The van der Waals surface area contributed by atoms with Crippen molar-refractivity contribution < 1.29 is 19.0 Å². The summed E-state index contributed by atoms with van der Waals surface area (Å²) in [5, 5.41) is 0. The van der Waals surface area contributed by atoms with Gasteiger partial charge in [0.1, 0.15) is 12.7 Å². The molecule has 0 heterocycles. The molecular weight excluding hydrogens is 136 g/mol. The summed E-state index contributed by atoms with van der Waals surface area (Å²) in [4.78, 5) is 10.3. The molecule has 0 amide bonds. The monoisotopic (exact) mass is 144 g/mol. The maximum absolute atomic E-state index is 10.3. The minimum atomic E-state index is -0.875. The van der Waals surface area contributed by atoms with E-state index in [2.05, 4.69) is 20.6 Å². The molecule has 0 saturated heterocycles. The number of carbonyl (C=O) groups excluding carboxylic acids is 1. The van der Waals surface area contributed by atoms with E-state index in [1.54, 1.807) is 6.11 Å². The normalized spacial score (nSPS) is 8.00. The van der Waals surface area contributed by atoms with Crippen molar-refractivity contribution in [3.63, 3.8) is 0 Å². The highest BCUT2D eigenvalue weighted by molar-refractivity contribution is 5.61. The second-order valence-corrected chi connectivity index (χ2v) is 1.31. The first kappa shape index (κ1) is 8.79. The molecule has 0 rings (SSSR count). The summed E-state index contributed by atoms with van der Waals surface area (Å²) in [6, 6.07) is 0. The van der Waals surface area contributed by atoms with E-state index in [0.29, 0.717) is 6.61 Å². The summed E-state index contributed by atoms with van der Waals surface area (Å²) in [5.74, 6) is 0. The lowest BCUT2D eigenvalue weighted by atomic mass is 10.8. The van der Waals surface area contributed by atoms with Crippen molar-refractivity contribution in [3.05, 3.63) is 0 Å². The van der Waals surface area contributed by atoms with Crippen molar-refractivity contribution in [2.24, 2.45) is 0 Å². The van der Waals surface area contributed by atoms with Gasteiger partial charge in [0.15, 0.2) is 0 Å². The molecule has 0 fully saturated rings. The van der Waals surface area contributed by atoms with Crippen LogP contribution in [0.25, 0.3) is 0 Å². The Morgan fingerprint density at radius 1 is 1.60 bits per heavy atom. The van der Waals surface area contributed by atoms with Gasteiger partial charge in [0.2, 0.25) is 0 Å². The summed E-state index contributed by atoms with van der Waals surface area (Å²) in [6.45, 7) is 0.483. The molecule has 0 N–H and O–H groups in total. The van der Waals surface area contributed by atoms with Gasteiger partial charge in [-0.15, -0.1) is 0 Å². The molecule has 0 aromatic heterocycles. The Labute approximate surface area is 59.1 Å². The maximum atomic E-state index is 10.3. The highest BCUT2D eigenvalue weighted by atomic mass is 16.7. The van der Waals surface area contributed by atoms with Gasteiger partial charge in [-0.3, -0.25) is 0 Å². The van der Waals surface area contributed by atoms with Crippen molar-refractivity contribution in [2.45, 2.75) is 0 Å². The second-order valence-electron chi connectivity index (χ2n) is 1.31. The van der Waals surface area contributed by atoms with E-state index in [0.717, 1.165) is 0 Å². The fraction of sp³-hybridized carbons (Fsp3) is 0.500. The van der Waals surface area contributed by atoms with Crippen LogP contribution in [0, 0.1) is 12.5 Å². The fourth-order valence-corrected chi connectivity index (χ4v) is 0.286. The van der Waals surface area contributed by atoms with Crippen LogP contribution in [0.1, 0.15) is 0 Å². The van der Waals surface area contributed by atoms with E-state index in [-0.39, 0.29) is 6.61 Å². The van der Waals surface area contributed by atoms with Gasteiger partial charge >= 0.3 is 6.16 Å². The van der Waals surface area contributed by atoms with E-state index < -0.39 is 6.16 Å². The third-order valence-electron chi connectivity index (χ3n) is 0.650. The average molecular weight is 144 g/mol. The molecule has 0 aliphatic carbocycles. The van der Waals surface area contributed by atoms with Gasteiger partial charge in [0, 0.05) is 7.11 Å². The van der Waals surface area contributed by atoms with Crippen molar-refractivity contribution in [2.75, 3.05) is 20.3 Å². The third-order valence-corrected chi connectivity index (χ3v) is 0.650. The quantitative estimate of drug-likeness (QED) is 0.326. The van der Waals surface area contributed by atoms with E-state index in [9.17, 15) is 4.79 Å². The van der Waals surface area contributed by atoms with Crippen molar-refractivity contribution in [3.8, 4) is 12.5 Å². The lowest BCUT2D eigenvalue weighted by Crippen LogP contribution is -2.08. The van der Waals surface area contributed by atoms with Gasteiger partial charge < -0.3 is 14.2 Å². The number of hydrogen-bond acceptors (Lipinski definition) is 4. The van der Waals surface area contributed by atoms with Gasteiger partial charge in [-0.1, -0.05) is 6.42 Å². The van der Waals surface area contributed by atoms with Gasteiger partial charge in [0.05, 0.1) is 6.61 Å². The van der Waals surface area contributed by atoms with Crippen LogP contribution in [-0.4, -0.2) is 26.5 Å². The molecule has 0 aliphatic rings. The summed E-state index contributed by atoms with van der Waals surface area (Å²) < 4.78 is 13.0. The maximum Gasteiger partial charge on any atom is 0.522 e. The highest BCUT2D eigenvalue weighted by Gasteiger charge is 1.99. The Balaban J connectivity index is 3.15. The molecule has 0 bridgehead atoms. The largest absolute Gasteiger partial charge is 0.522 e.